The average Bonchev–Trinajstić information content (AvgIpc) is 3.09. The molecule has 0 aliphatic carbocycles. The molecule has 1 unspecified atom stereocenters. The molecule has 1 atom stereocenters. The number of thiazole rings is 1. The molecule has 1 heterocycles. The molecule has 0 bridgehead atoms. The molecule has 3 rings (SSSR count). The van der Waals surface area contributed by atoms with Crippen molar-refractivity contribution in [2.75, 3.05) is 10.6 Å². The van der Waals surface area contributed by atoms with Crippen LogP contribution in [0.4, 0.5) is 16.2 Å². The van der Waals surface area contributed by atoms with Crippen LogP contribution in [0.5, 0.6) is 0 Å². The maximum atomic E-state index is 12.6. The van der Waals surface area contributed by atoms with E-state index in [1.54, 1.807) is 36.4 Å². The zero-order chi connectivity index (χ0) is 19.2. The molecule has 0 saturated heterocycles. The minimum absolute atomic E-state index is 0.313. The van der Waals surface area contributed by atoms with Gasteiger partial charge in [0.1, 0.15) is 5.01 Å². The summed E-state index contributed by atoms with van der Waals surface area (Å²) in [6.45, 7) is 1.82. The number of amides is 2. The van der Waals surface area contributed by atoms with E-state index in [1.807, 2.05) is 36.6 Å². The van der Waals surface area contributed by atoms with E-state index in [0.717, 1.165) is 5.69 Å². The van der Waals surface area contributed by atoms with Gasteiger partial charge in [-0.25, -0.2) is 9.78 Å². The van der Waals surface area contributed by atoms with Gasteiger partial charge < -0.3 is 10.6 Å². The quantitative estimate of drug-likeness (QED) is 0.637. The first-order valence-electron chi connectivity index (χ1n) is 8.16. The van der Waals surface area contributed by atoms with Crippen molar-refractivity contribution in [3.05, 3.63) is 76.2 Å². The summed E-state index contributed by atoms with van der Waals surface area (Å²) in [5.74, 6) is -1.24. The van der Waals surface area contributed by atoms with Crippen LogP contribution in [0.3, 0.4) is 0 Å². The highest BCUT2D eigenvalue weighted by Crippen LogP contribution is 2.24. The van der Waals surface area contributed by atoms with E-state index in [2.05, 4.69) is 15.6 Å². The summed E-state index contributed by atoms with van der Waals surface area (Å²) in [4.78, 5) is 28.8. The van der Waals surface area contributed by atoms with Crippen LogP contribution in [-0.4, -0.2) is 16.8 Å². The van der Waals surface area contributed by atoms with E-state index in [1.165, 1.54) is 11.3 Å². The number of para-hydroxylation sites is 1. The van der Waals surface area contributed by atoms with Crippen molar-refractivity contribution in [2.24, 2.45) is 0 Å². The first-order chi connectivity index (χ1) is 13.1. The third-order valence-electron chi connectivity index (χ3n) is 3.73. The molecule has 0 aliphatic rings. The van der Waals surface area contributed by atoms with Crippen LogP contribution in [-0.2, 0) is 0 Å². The van der Waals surface area contributed by atoms with Crippen LogP contribution in [0.25, 0.3) is 0 Å². The fourth-order valence-electron chi connectivity index (χ4n) is 2.43. The van der Waals surface area contributed by atoms with Gasteiger partial charge >= 0.3 is 6.03 Å². The largest absolute Gasteiger partial charge is 0.323 e. The fourth-order valence-corrected chi connectivity index (χ4v) is 3.27. The molecule has 27 heavy (non-hydrogen) atoms. The third kappa shape index (κ3) is 4.57. The maximum absolute atomic E-state index is 12.6. The minimum Gasteiger partial charge on any atom is -0.308 e. The molecule has 0 fully saturated rings. The standard InChI is InChI=1S/C20H16N4O2S/c1-13-12-27-19(22-13)17(11-21)18(25)14-7-9-16(10-8-14)24-20(26)23-15-5-3-2-4-6-15/h2-10,12,17H,1H3,(H2,23,24,26). The Morgan fingerprint density at radius 1 is 1.04 bits per heavy atom. The molecular formula is C20H16N4O2S. The third-order valence-corrected chi connectivity index (χ3v) is 4.76. The van der Waals surface area contributed by atoms with Gasteiger partial charge in [-0.1, -0.05) is 18.2 Å². The summed E-state index contributed by atoms with van der Waals surface area (Å²) in [7, 11) is 0. The predicted octanol–water partition coefficient (Wildman–Crippen LogP) is 4.59. The van der Waals surface area contributed by atoms with Crippen molar-refractivity contribution >= 4 is 34.5 Å². The molecule has 134 valence electrons. The summed E-state index contributed by atoms with van der Waals surface area (Å²) in [6.07, 6.45) is 0. The van der Waals surface area contributed by atoms with Gasteiger partial charge in [0, 0.05) is 28.0 Å². The lowest BCUT2D eigenvalue weighted by Gasteiger charge is -2.09. The van der Waals surface area contributed by atoms with E-state index in [0.29, 0.717) is 21.9 Å². The number of benzene rings is 2. The number of hydrogen-bond donors (Lipinski definition) is 2. The number of nitrogens with zero attached hydrogens (tertiary/aromatic N) is 2. The number of nitriles is 1. The Bertz CT molecular complexity index is 991. The highest BCUT2D eigenvalue weighted by Gasteiger charge is 2.24. The van der Waals surface area contributed by atoms with E-state index in [4.69, 9.17) is 0 Å². The highest BCUT2D eigenvalue weighted by atomic mass is 32.1. The monoisotopic (exact) mass is 376 g/mol. The Morgan fingerprint density at radius 3 is 2.22 bits per heavy atom. The molecular weight excluding hydrogens is 360 g/mol. The lowest BCUT2D eigenvalue weighted by atomic mass is 9.99. The number of aromatic nitrogens is 1. The molecule has 7 heteroatoms. The van der Waals surface area contributed by atoms with E-state index < -0.39 is 5.92 Å². The number of carbonyl (C=O) groups excluding carboxylic acids is 2. The molecule has 0 spiro atoms. The van der Waals surface area contributed by atoms with E-state index >= 15 is 0 Å². The zero-order valence-electron chi connectivity index (χ0n) is 14.5. The van der Waals surface area contributed by atoms with Crippen molar-refractivity contribution < 1.29 is 9.59 Å². The second-order valence-electron chi connectivity index (χ2n) is 5.78. The number of carbonyl (C=O) groups is 2. The van der Waals surface area contributed by atoms with E-state index in [-0.39, 0.29) is 11.8 Å². The second kappa shape index (κ2) is 8.25. The van der Waals surface area contributed by atoms with Crippen molar-refractivity contribution in [2.45, 2.75) is 12.8 Å². The van der Waals surface area contributed by atoms with Gasteiger partial charge in [0.15, 0.2) is 11.7 Å². The topological polar surface area (TPSA) is 94.9 Å². The van der Waals surface area contributed by atoms with Crippen LogP contribution >= 0.6 is 11.3 Å². The first kappa shape index (κ1) is 18.3. The predicted molar refractivity (Wildman–Crippen MR) is 105 cm³/mol. The number of hydrogen-bond acceptors (Lipinski definition) is 5. The summed E-state index contributed by atoms with van der Waals surface area (Å²) >= 11 is 1.30. The molecule has 0 saturated carbocycles. The Morgan fingerprint density at radius 2 is 1.67 bits per heavy atom. The van der Waals surface area contributed by atoms with Gasteiger partial charge in [-0.05, 0) is 43.3 Å². The zero-order valence-corrected chi connectivity index (χ0v) is 15.3. The Kier molecular flexibility index (Phi) is 5.59. The van der Waals surface area contributed by atoms with Crippen LogP contribution in [0.15, 0.2) is 60.0 Å². The number of aryl methyl sites for hydroxylation is 1. The summed E-state index contributed by atoms with van der Waals surface area (Å²) in [5, 5.41) is 17.1. The number of anilines is 2. The van der Waals surface area contributed by atoms with Crippen molar-refractivity contribution in [3.8, 4) is 6.07 Å². The average molecular weight is 376 g/mol. The van der Waals surface area contributed by atoms with Crippen LogP contribution < -0.4 is 10.6 Å². The van der Waals surface area contributed by atoms with Gasteiger partial charge in [-0.3, -0.25) is 4.79 Å². The number of rotatable bonds is 5. The Hall–Kier alpha value is -3.50. The summed E-state index contributed by atoms with van der Waals surface area (Å²) in [5.41, 5.74) is 2.39. The number of Topliss-reactive ketones (excluding diaryl/α,β-unsaturated/α-hetero) is 1. The lowest BCUT2D eigenvalue weighted by Crippen LogP contribution is -2.19. The fraction of sp³-hybridized carbons (Fsp3) is 0.100. The normalized spacial score (nSPS) is 11.3. The van der Waals surface area contributed by atoms with E-state index in [9.17, 15) is 14.9 Å². The highest BCUT2D eigenvalue weighted by molar-refractivity contribution is 7.10. The van der Waals surface area contributed by atoms with Gasteiger partial charge in [-0.15, -0.1) is 11.3 Å². The summed E-state index contributed by atoms with van der Waals surface area (Å²) < 4.78 is 0. The van der Waals surface area contributed by atoms with Gasteiger partial charge in [-0.2, -0.15) is 5.26 Å². The number of nitrogens with one attached hydrogen (secondary N) is 2. The van der Waals surface area contributed by atoms with Crippen LogP contribution in [0, 0.1) is 18.3 Å². The van der Waals surface area contributed by atoms with Crippen molar-refractivity contribution in [1.82, 2.24) is 4.98 Å². The number of ketones is 1. The molecule has 1 aromatic heterocycles. The number of urea groups is 1. The van der Waals surface area contributed by atoms with Crippen LogP contribution in [0.2, 0.25) is 0 Å². The molecule has 2 amide bonds. The maximum Gasteiger partial charge on any atom is 0.323 e. The van der Waals surface area contributed by atoms with Crippen molar-refractivity contribution in [1.29, 1.82) is 5.26 Å². The smallest absolute Gasteiger partial charge is 0.308 e. The molecule has 2 aromatic carbocycles. The molecule has 2 N–H and O–H groups in total. The lowest BCUT2D eigenvalue weighted by molar-refractivity contribution is 0.0979. The minimum atomic E-state index is -0.927. The first-order valence-corrected chi connectivity index (χ1v) is 9.04. The Balaban J connectivity index is 1.66. The molecule has 0 radical (unpaired) electrons. The summed E-state index contributed by atoms with van der Waals surface area (Å²) in [6, 6.07) is 17.1. The Labute approximate surface area is 160 Å². The SMILES string of the molecule is Cc1csc(C(C#N)C(=O)c2ccc(NC(=O)Nc3ccccc3)cc2)n1. The van der Waals surface area contributed by atoms with Crippen LogP contribution in [0.1, 0.15) is 27.0 Å². The van der Waals surface area contributed by atoms with Gasteiger partial charge in [0.2, 0.25) is 0 Å². The van der Waals surface area contributed by atoms with Gasteiger partial charge in [0.25, 0.3) is 0 Å². The molecule has 3 aromatic rings. The molecule has 6 nitrogen and oxygen atoms in total. The van der Waals surface area contributed by atoms with Crippen molar-refractivity contribution in [3.63, 3.8) is 0 Å². The second-order valence-corrected chi connectivity index (χ2v) is 6.67. The molecule has 0 aliphatic heterocycles. The van der Waals surface area contributed by atoms with Gasteiger partial charge in [0.05, 0.1) is 6.07 Å².